The maximum atomic E-state index is 12.9. The zero-order valence-corrected chi connectivity index (χ0v) is 10.6. The van der Waals surface area contributed by atoms with Gasteiger partial charge in [0, 0.05) is 0 Å². The Morgan fingerprint density at radius 2 is 2.06 bits per heavy atom. The van der Waals surface area contributed by atoms with Crippen molar-refractivity contribution in [2.75, 3.05) is 11.5 Å². The molecule has 6 heteroatoms. The van der Waals surface area contributed by atoms with E-state index in [1.165, 1.54) is 6.07 Å². The molecule has 0 aliphatic heterocycles. The summed E-state index contributed by atoms with van der Waals surface area (Å²) >= 11 is 1.54. The van der Waals surface area contributed by atoms with Crippen molar-refractivity contribution in [2.45, 2.75) is 18.9 Å². The molecule has 100 valence electrons. The Labute approximate surface area is 108 Å². The van der Waals surface area contributed by atoms with Crippen LogP contribution in [0, 0.1) is 11.6 Å². The Hall–Kier alpha value is -1.14. The molecule has 1 unspecified atom stereocenters. The van der Waals surface area contributed by atoms with Crippen LogP contribution in [-0.4, -0.2) is 28.6 Å². The third kappa shape index (κ3) is 5.01. The molecule has 0 bridgehead atoms. The Balaban J connectivity index is 2.22. The van der Waals surface area contributed by atoms with Crippen LogP contribution in [0.3, 0.4) is 0 Å². The summed E-state index contributed by atoms with van der Waals surface area (Å²) in [5, 5.41) is 8.56. The number of aryl methyl sites for hydroxylation is 1. The maximum Gasteiger partial charge on any atom is 0.320 e. The molecule has 3 nitrogen and oxygen atoms in total. The minimum atomic E-state index is -1.00. The minimum absolute atomic E-state index is 0.401. The van der Waals surface area contributed by atoms with E-state index in [0.29, 0.717) is 18.6 Å². The zero-order chi connectivity index (χ0) is 13.5. The van der Waals surface area contributed by atoms with Gasteiger partial charge in [0.1, 0.15) is 6.04 Å². The molecule has 0 aromatic heterocycles. The number of aliphatic carboxylic acids is 1. The summed E-state index contributed by atoms with van der Waals surface area (Å²) in [6, 6.07) is 3.00. The highest BCUT2D eigenvalue weighted by Crippen LogP contribution is 2.12. The monoisotopic (exact) mass is 275 g/mol. The number of carbonyl (C=O) groups is 1. The molecule has 0 amide bonds. The highest BCUT2D eigenvalue weighted by atomic mass is 32.2. The Morgan fingerprint density at radius 3 is 2.67 bits per heavy atom. The van der Waals surface area contributed by atoms with Gasteiger partial charge in [0.05, 0.1) is 0 Å². The van der Waals surface area contributed by atoms with E-state index in [0.717, 1.165) is 17.4 Å². The summed E-state index contributed by atoms with van der Waals surface area (Å²) < 4.78 is 25.5. The van der Waals surface area contributed by atoms with Crippen molar-refractivity contribution in [3.8, 4) is 0 Å². The third-order valence-corrected chi connectivity index (χ3v) is 3.43. The molecule has 0 spiro atoms. The van der Waals surface area contributed by atoms with Crippen molar-refractivity contribution in [2.24, 2.45) is 5.73 Å². The summed E-state index contributed by atoms with van der Waals surface area (Å²) in [4.78, 5) is 10.4. The van der Waals surface area contributed by atoms with Gasteiger partial charge in [0.25, 0.3) is 0 Å². The molecule has 3 N–H and O–H groups in total. The van der Waals surface area contributed by atoms with Crippen molar-refractivity contribution >= 4 is 17.7 Å². The fourth-order valence-corrected chi connectivity index (χ4v) is 2.33. The predicted molar refractivity (Wildman–Crippen MR) is 67.6 cm³/mol. The fourth-order valence-electron chi connectivity index (χ4n) is 1.32. The van der Waals surface area contributed by atoms with Crippen LogP contribution < -0.4 is 5.73 Å². The quantitative estimate of drug-likeness (QED) is 0.747. The number of thioether (sulfide) groups is 1. The molecule has 18 heavy (non-hydrogen) atoms. The van der Waals surface area contributed by atoms with Crippen molar-refractivity contribution in [3.63, 3.8) is 0 Å². The first-order valence-corrected chi connectivity index (χ1v) is 6.66. The van der Waals surface area contributed by atoms with Crippen LogP contribution in [0.5, 0.6) is 0 Å². The second-order valence-electron chi connectivity index (χ2n) is 3.84. The molecule has 0 fully saturated rings. The van der Waals surface area contributed by atoms with Crippen LogP contribution >= 0.6 is 11.8 Å². The lowest BCUT2D eigenvalue weighted by atomic mass is 10.2. The smallest absolute Gasteiger partial charge is 0.320 e. The van der Waals surface area contributed by atoms with Gasteiger partial charge in [-0.15, -0.1) is 0 Å². The molecule has 1 aromatic rings. The van der Waals surface area contributed by atoms with E-state index < -0.39 is 23.6 Å². The standard InChI is InChI=1S/C12H15F2NO2S/c13-9-2-1-8(7-10(9)14)3-5-18-6-4-11(15)12(16)17/h1-2,7,11H,3-6,15H2,(H,16,17). The van der Waals surface area contributed by atoms with Crippen LogP contribution in [0.25, 0.3) is 0 Å². The lowest BCUT2D eigenvalue weighted by Gasteiger charge is -2.06. The summed E-state index contributed by atoms with van der Waals surface area (Å²) in [6.45, 7) is 0. The Morgan fingerprint density at radius 1 is 1.33 bits per heavy atom. The topological polar surface area (TPSA) is 63.3 Å². The molecule has 0 heterocycles. The fraction of sp³-hybridized carbons (Fsp3) is 0.417. The van der Waals surface area contributed by atoms with E-state index in [-0.39, 0.29) is 0 Å². The predicted octanol–water partition coefficient (Wildman–Crippen LogP) is 2.04. The molecule has 0 saturated carbocycles. The van der Waals surface area contributed by atoms with Gasteiger partial charge in [-0.2, -0.15) is 11.8 Å². The Kier molecular flexibility index (Phi) is 6.07. The van der Waals surface area contributed by atoms with E-state index in [2.05, 4.69) is 0 Å². The number of rotatable bonds is 7. The van der Waals surface area contributed by atoms with Crippen molar-refractivity contribution in [1.82, 2.24) is 0 Å². The number of nitrogens with two attached hydrogens (primary N) is 1. The van der Waals surface area contributed by atoms with E-state index in [4.69, 9.17) is 10.8 Å². The lowest BCUT2D eigenvalue weighted by molar-refractivity contribution is -0.138. The van der Waals surface area contributed by atoms with Crippen LogP contribution in [0.15, 0.2) is 18.2 Å². The molecular weight excluding hydrogens is 260 g/mol. The normalized spacial score (nSPS) is 12.4. The summed E-state index contributed by atoms with van der Waals surface area (Å²) in [7, 11) is 0. The maximum absolute atomic E-state index is 12.9. The average Bonchev–Trinajstić information content (AvgIpc) is 2.32. The largest absolute Gasteiger partial charge is 0.480 e. The highest BCUT2D eigenvalue weighted by molar-refractivity contribution is 7.99. The summed E-state index contributed by atoms with van der Waals surface area (Å²) in [5.41, 5.74) is 6.07. The third-order valence-electron chi connectivity index (χ3n) is 2.41. The molecule has 0 radical (unpaired) electrons. The number of benzene rings is 1. The first-order valence-electron chi connectivity index (χ1n) is 5.50. The molecule has 0 aliphatic rings. The summed E-state index contributed by atoms with van der Waals surface area (Å²) in [5.74, 6) is -1.34. The molecule has 1 rings (SSSR count). The van der Waals surface area contributed by atoms with Gasteiger partial charge < -0.3 is 10.8 Å². The van der Waals surface area contributed by atoms with Gasteiger partial charge in [-0.05, 0) is 42.0 Å². The molecule has 1 atom stereocenters. The van der Waals surface area contributed by atoms with Crippen molar-refractivity contribution in [1.29, 1.82) is 0 Å². The van der Waals surface area contributed by atoms with Crippen LogP contribution in [0.2, 0.25) is 0 Å². The number of carboxylic acid groups (broad SMARTS) is 1. The molecule has 0 aliphatic carbocycles. The lowest BCUT2D eigenvalue weighted by Crippen LogP contribution is -2.30. The molecule has 1 aromatic carbocycles. The van der Waals surface area contributed by atoms with Crippen molar-refractivity contribution < 1.29 is 18.7 Å². The van der Waals surface area contributed by atoms with Gasteiger partial charge in [-0.25, -0.2) is 8.78 Å². The number of carboxylic acids is 1. The minimum Gasteiger partial charge on any atom is -0.480 e. The van der Waals surface area contributed by atoms with E-state index in [9.17, 15) is 13.6 Å². The highest BCUT2D eigenvalue weighted by Gasteiger charge is 2.10. The Bertz CT molecular complexity index is 415. The van der Waals surface area contributed by atoms with E-state index in [1.54, 1.807) is 17.8 Å². The number of halogens is 2. The van der Waals surface area contributed by atoms with Gasteiger partial charge in [-0.3, -0.25) is 4.79 Å². The van der Waals surface area contributed by atoms with Crippen LogP contribution in [-0.2, 0) is 11.2 Å². The van der Waals surface area contributed by atoms with Crippen LogP contribution in [0.4, 0.5) is 8.78 Å². The molecular formula is C12H15F2NO2S. The number of hydrogen-bond acceptors (Lipinski definition) is 3. The van der Waals surface area contributed by atoms with Gasteiger partial charge in [-0.1, -0.05) is 6.07 Å². The van der Waals surface area contributed by atoms with Gasteiger partial charge in [0.15, 0.2) is 11.6 Å². The van der Waals surface area contributed by atoms with Crippen LogP contribution in [0.1, 0.15) is 12.0 Å². The number of hydrogen-bond donors (Lipinski definition) is 2. The van der Waals surface area contributed by atoms with E-state index in [1.807, 2.05) is 0 Å². The summed E-state index contributed by atoms with van der Waals surface area (Å²) in [6.07, 6.45) is 1.02. The SMILES string of the molecule is NC(CCSCCc1ccc(F)c(F)c1)C(=O)O. The average molecular weight is 275 g/mol. The zero-order valence-electron chi connectivity index (χ0n) is 9.73. The van der Waals surface area contributed by atoms with E-state index >= 15 is 0 Å². The van der Waals surface area contributed by atoms with Gasteiger partial charge in [0.2, 0.25) is 0 Å². The first kappa shape index (κ1) is 14.9. The molecule has 0 saturated heterocycles. The first-order chi connectivity index (χ1) is 8.50. The second kappa shape index (κ2) is 7.33. The van der Waals surface area contributed by atoms with Gasteiger partial charge >= 0.3 is 5.97 Å². The second-order valence-corrected chi connectivity index (χ2v) is 5.07. The van der Waals surface area contributed by atoms with Crippen molar-refractivity contribution in [3.05, 3.63) is 35.4 Å².